The number of aromatic nitrogens is 2. The Morgan fingerprint density at radius 2 is 1.59 bits per heavy atom. The summed E-state index contributed by atoms with van der Waals surface area (Å²) in [6.45, 7) is 18.1. The van der Waals surface area contributed by atoms with Crippen LogP contribution in [0.2, 0.25) is 0 Å². The number of hydrogen-bond acceptors (Lipinski definition) is 4. The lowest BCUT2D eigenvalue weighted by molar-refractivity contribution is 0.250. The second kappa shape index (κ2) is 13.2. The average Bonchev–Trinajstić information content (AvgIpc) is 3.31. The molecule has 0 spiro atoms. The maximum atomic E-state index is 6.28. The van der Waals surface area contributed by atoms with Crippen molar-refractivity contribution in [3.05, 3.63) is 72.3 Å². The summed E-state index contributed by atoms with van der Waals surface area (Å²) in [7, 11) is 0. The van der Waals surface area contributed by atoms with E-state index in [9.17, 15) is 0 Å². The molecule has 0 saturated carbocycles. The fourth-order valence-electron chi connectivity index (χ4n) is 4.87. The molecule has 39 heavy (non-hydrogen) atoms. The van der Waals surface area contributed by atoms with Gasteiger partial charge in [-0.1, -0.05) is 78.3 Å². The van der Waals surface area contributed by atoms with E-state index in [1.807, 2.05) is 30.3 Å². The van der Waals surface area contributed by atoms with E-state index in [4.69, 9.17) is 14.5 Å². The molecule has 208 valence electrons. The number of hydrogen-bond donors (Lipinski definition) is 0. The Hall–Kier alpha value is -3.31. The first-order valence-electron chi connectivity index (χ1n) is 14.6. The number of para-hydroxylation sites is 1. The predicted molar refractivity (Wildman–Crippen MR) is 163 cm³/mol. The fourth-order valence-corrected chi connectivity index (χ4v) is 4.87. The molecule has 5 heteroatoms. The number of unbranched alkanes of at least 4 members (excludes halogenated alkanes) is 1. The highest BCUT2D eigenvalue weighted by molar-refractivity contribution is 5.86. The second-order valence-electron chi connectivity index (χ2n) is 11.2. The maximum absolute atomic E-state index is 6.28. The Morgan fingerprint density at radius 1 is 0.846 bits per heavy atom. The number of aryl methyl sites for hydroxylation is 1. The van der Waals surface area contributed by atoms with Crippen molar-refractivity contribution in [2.24, 2.45) is 0 Å². The molecule has 1 heterocycles. The van der Waals surface area contributed by atoms with E-state index in [1.165, 1.54) is 5.56 Å². The molecule has 4 rings (SSSR count). The van der Waals surface area contributed by atoms with Gasteiger partial charge in [0.15, 0.2) is 0 Å². The number of rotatable bonds is 13. The van der Waals surface area contributed by atoms with Crippen LogP contribution in [0, 0.1) is 0 Å². The van der Waals surface area contributed by atoms with Crippen LogP contribution in [0.3, 0.4) is 0 Å². The van der Waals surface area contributed by atoms with Crippen LogP contribution in [0.1, 0.15) is 66.4 Å². The summed E-state index contributed by atoms with van der Waals surface area (Å²) in [5.74, 6) is 3.44. The molecule has 0 saturated heterocycles. The minimum Gasteiger partial charge on any atom is -0.491 e. The van der Waals surface area contributed by atoms with Crippen LogP contribution in [-0.4, -0.2) is 40.7 Å². The van der Waals surface area contributed by atoms with Crippen LogP contribution >= 0.6 is 0 Å². The zero-order valence-electron chi connectivity index (χ0n) is 24.7. The SMILES string of the molecule is CCCCn1c(-c2cccc(Oc3ccc(C(C)(C)C)cc3)c2)nc2c(OCCCN(CC)CC)cccc21. The summed E-state index contributed by atoms with van der Waals surface area (Å²) in [6, 6.07) is 22.9. The van der Waals surface area contributed by atoms with Gasteiger partial charge in [0.2, 0.25) is 0 Å². The summed E-state index contributed by atoms with van der Waals surface area (Å²) in [5, 5.41) is 0. The van der Waals surface area contributed by atoms with Crippen molar-refractivity contribution in [2.75, 3.05) is 26.2 Å². The predicted octanol–water partition coefficient (Wildman–Crippen LogP) is 8.70. The van der Waals surface area contributed by atoms with Crippen LogP contribution < -0.4 is 9.47 Å². The molecule has 5 nitrogen and oxygen atoms in total. The molecular formula is C34H45N3O2. The molecule has 0 N–H and O–H groups in total. The van der Waals surface area contributed by atoms with Gasteiger partial charge in [-0.25, -0.2) is 4.98 Å². The lowest BCUT2D eigenvalue weighted by atomic mass is 9.87. The third-order valence-electron chi connectivity index (χ3n) is 7.30. The zero-order chi connectivity index (χ0) is 27.8. The summed E-state index contributed by atoms with van der Waals surface area (Å²) < 4.78 is 14.9. The van der Waals surface area contributed by atoms with Crippen LogP contribution in [0.15, 0.2) is 66.7 Å². The third kappa shape index (κ3) is 7.21. The lowest BCUT2D eigenvalue weighted by Gasteiger charge is -2.19. The van der Waals surface area contributed by atoms with Gasteiger partial charge in [-0.15, -0.1) is 0 Å². The van der Waals surface area contributed by atoms with Crippen molar-refractivity contribution in [2.45, 2.75) is 72.8 Å². The Kier molecular flexibility index (Phi) is 9.68. The minimum atomic E-state index is 0.115. The molecule has 3 aromatic carbocycles. The molecule has 0 radical (unpaired) electrons. The molecule has 0 aliphatic rings. The molecule has 1 aromatic heterocycles. The first-order chi connectivity index (χ1) is 18.8. The molecule has 0 aliphatic carbocycles. The van der Waals surface area contributed by atoms with E-state index < -0.39 is 0 Å². The molecular weight excluding hydrogens is 482 g/mol. The zero-order valence-corrected chi connectivity index (χ0v) is 24.7. The van der Waals surface area contributed by atoms with Crippen LogP contribution in [-0.2, 0) is 12.0 Å². The number of imidazole rings is 1. The smallest absolute Gasteiger partial charge is 0.147 e. The molecule has 0 fully saturated rings. The quantitative estimate of drug-likeness (QED) is 0.163. The normalized spacial score (nSPS) is 11.9. The lowest BCUT2D eigenvalue weighted by Crippen LogP contribution is -2.25. The topological polar surface area (TPSA) is 39.5 Å². The molecule has 0 amide bonds. The third-order valence-corrected chi connectivity index (χ3v) is 7.30. The monoisotopic (exact) mass is 527 g/mol. The minimum absolute atomic E-state index is 0.115. The van der Waals surface area contributed by atoms with E-state index in [2.05, 4.69) is 87.4 Å². The van der Waals surface area contributed by atoms with E-state index in [-0.39, 0.29) is 5.41 Å². The maximum Gasteiger partial charge on any atom is 0.147 e. The van der Waals surface area contributed by atoms with Crippen LogP contribution in [0.5, 0.6) is 17.2 Å². The Bertz CT molecular complexity index is 1330. The molecule has 0 bridgehead atoms. The van der Waals surface area contributed by atoms with Crippen LogP contribution in [0.25, 0.3) is 22.4 Å². The van der Waals surface area contributed by atoms with Crippen molar-refractivity contribution in [3.8, 4) is 28.6 Å². The van der Waals surface area contributed by atoms with E-state index in [0.29, 0.717) is 6.61 Å². The van der Waals surface area contributed by atoms with Gasteiger partial charge in [0.25, 0.3) is 0 Å². The van der Waals surface area contributed by atoms with Crippen molar-refractivity contribution in [1.29, 1.82) is 0 Å². The summed E-state index contributed by atoms with van der Waals surface area (Å²) in [6.07, 6.45) is 3.20. The average molecular weight is 528 g/mol. The van der Waals surface area contributed by atoms with E-state index in [0.717, 1.165) is 85.1 Å². The molecule has 4 aromatic rings. The molecule has 0 unspecified atom stereocenters. The summed E-state index contributed by atoms with van der Waals surface area (Å²) in [4.78, 5) is 7.57. The van der Waals surface area contributed by atoms with Gasteiger partial charge in [0, 0.05) is 18.7 Å². The second-order valence-corrected chi connectivity index (χ2v) is 11.2. The Labute approximate surface area is 234 Å². The van der Waals surface area contributed by atoms with Crippen molar-refractivity contribution >= 4 is 11.0 Å². The number of ether oxygens (including phenoxy) is 2. The highest BCUT2D eigenvalue weighted by atomic mass is 16.5. The van der Waals surface area contributed by atoms with Gasteiger partial charge >= 0.3 is 0 Å². The van der Waals surface area contributed by atoms with Crippen molar-refractivity contribution < 1.29 is 9.47 Å². The highest BCUT2D eigenvalue weighted by Gasteiger charge is 2.17. The standard InChI is InChI=1S/C34H45N3O2/c1-7-10-23-37-30-16-12-17-31(38-24-13-22-36(8-2)9-3)32(30)35-33(37)26-14-11-15-29(25-26)39-28-20-18-27(19-21-28)34(4,5)6/h11-12,14-21,25H,7-10,13,22-24H2,1-6H3. The molecule has 0 atom stereocenters. The van der Waals surface area contributed by atoms with Gasteiger partial charge in [0.1, 0.15) is 28.6 Å². The number of nitrogens with zero attached hydrogens (tertiary/aromatic N) is 3. The van der Waals surface area contributed by atoms with Crippen molar-refractivity contribution in [1.82, 2.24) is 14.5 Å². The van der Waals surface area contributed by atoms with Gasteiger partial charge in [-0.05, 0) is 73.3 Å². The van der Waals surface area contributed by atoms with E-state index >= 15 is 0 Å². The number of fused-ring (bicyclic) bond motifs is 1. The Balaban J connectivity index is 1.60. The fraction of sp³-hybridized carbons (Fsp3) is 0.441. The molecule has 0 aliphatic heterocycles. The Morgan fingerprint density at radius 3 is 2.28 bits per heavy atom. The summed E-state index contributed by atoms with van der Waals surface area (Å²) >= 11 is 0. The van der Waals surface area contributed by atoms with Gasteiger partial charge in [-0.2, -0.15) is 0 Å². The number of benzene rings is 3. The van der Waals surface area contributed by atoms with E-state index in [1.54, 1.807) is 0 Å². The van der Waals surface area contributed by atoms with Gasteiger partial charge < -0.3 is 18.9 Å². The first kappa shape index (κ1) is 28.7. The van der Waals surface area contributed by atoms with Crippen LogP contribution in [0.4, 0.5) is 0 Å². The highest BCUT2D eigenvalue weighted by Crippen LogP contribution is 2.34. The van der Waals surface area contributed by atoms with Gasteiger partial charge in [0.05, 0.1) is 12.1 Å². The van der Waals surface area contributed by atoms with Gasteiger partial charge in [-0.3, -0.25) is 0 Å². The largest absolute Gasteiger partial charge is 0.491 e. The van der Waals surface area contributed by atoms with Crippen molar-refractivity contribution in [3.63, 3.8) is 0 Å². The summed E-state index contributed by atoms with van der Waals surface area (Å²) in [5.41, 5.74) is 4.49. The first-order valence-corrected chi connectivity index (χ1v) is 14.6.